The van der Waals surface area contributed by atoms with Gasteiger partial charge in [-0.1, -0.05) is 6.92 Å². The lowest BCUT2D eigenvalue weighted by molar-refractivity contribution is -0.132. The van der Waals surface area contributed by atoms with Gasteiger partial charge in [-0.2, -0.15) is 11.8 Å². The largest absolute Gasteiger partial charge is 0.340 e. The summed E-state index contributed by atoms with van der Waals surface area (Å²) in [7, 11) is 0. The van der Waals surface area contributed by atoms with Gasteiger partial charge in [-0.3, -0.25) is 4.79 Å². The molecule has 2 N–H and O–H groups in total. The van der Waals surface area contributed by atoms with Crippen molar-refractivity contribution in [2.24, 2.45) is 5.73 Å². The third-order valence-electron chi connectivity index (χ3n) is 2.29. The molecule has 0 aromatic heterocycles. The Morgan fingerprint density at radius 2 is 2.21 bits per heavy atom. The molecule has 1 rings (SSSR count). The molecule has 0 bridgehead atoms. The van der Waals surface area contributed by atoms with Gasteiger partial charge in [0.2, 0.25) is 5.91 Å². The molecule has 0 aromatic carbocycles. The highest BCUT2D eigenvalue weighted by molar-refractivity contribution is 7.99. The fourth-order valence-corrected chi connectivity index (χ4v) is 2.26. The Bertz CT molecular complexity index is 172. The molecule has 1 fully saturated rings. The Kier molecular flexibility index (Phi) is 7.41. The molecule has 0 radical (unpaired) electrons. The van der Waals surface area contributed by atoms with Crippen molar-refractivity contribution >= 4 is 30.1 Å². The lowest BCUT2D eigenvalue weighted by Crippen LogP contribution is -2.44. The summed E-state index contributed by atoms with van der Waals surface area (Å²) >= 11 is 1.92. The number of nitrogens with two attached hydrogens (primary N) is 1. The average Bonchev–Trinajstić information content (AvgIpc) is 2.43. The number of amides is 1. The van der Waals surface area contributed by atoms with Crippen molar-refractivity contribution < 1.29 is 4.79 Å². The third-order valence-corrected chi connectivity index (χ3v) is 3.34. The summed E-state index contributed by atoms with van der Waals surface area (Å²) in [6.07, 6.45) is 1.84. The summed E-state index contributed by atoms with van der Waals surface area (Å²) in [6.45, 7) is 3.71. The van der Waals surface area contributed by atoms with Crippen molar-refractivity contribution in [3.63, 3.8) is 0 Å². The van der Waals surface area contributed by atoms with E-state index < -0.39 is 0 Å². The summed E-state index contributed by atoms with van der Waals surface area (Å²) < 4.78 is 0. The van der Waals surface area contributed by atoms with Gasteiger partial charge in [-0.25, -0.2) is 0 Å². The van der Waals surface area contributed by atoms with Crippen LogP contribution in [-0.4, -0.2) is 41.4 Å². The van der Waals surface area contributed by atoms with Crippen molar-refractivity contribution in [2.75, 3.05) is 24.6 Å². The zero-order chi connectivity index (χ0) is 9.68. The number of nitrogens with zero attached hydrogens (tertiary/aromatic N) is 1. The highest BCUT2D eigenvalue weighted by Gasteiger charge is 2.20. The molecule has 3 nitrogen and oxygen atoms in total. The molecule has 0 unspecified atom stereocenters. The summed E-state index contributed by atoms with van der Waals surface area (Å²) in [5, 5.41) is 0. The number of thioether (sulfide) groups is 1. The molecule has 5 heteroatoms. The van der Waals surface area contributed by atoms with Gasteiger partial charge in [0, 0.05) is 18.8 Å². The second-order valence-corrected chi connectivity index (χ2v) is 4.53. The minimum Gasteiger partial charge on any atom is -0.340 e. The first-order valence-corrected chi connectivity index (χ1v) is 6.03. The predicted octanol–water partition coefficient (Wildman–Crippen LogP) is 1.11. The van der Waals surface area contributed by atoms with Gasteiger partial charge in [0.25, 0.3) is 0 Å². The van der Waals surface area contributed by atoms with E-state index in [1.807, 2.05) is 23.6 Å². The Morgan fingerprint density at radius 3 is 2.86 bits per heavy atom. The van der Waals surface area contributed by atoms with Crippen molar-refractivity contribution in [3.8, 4) is 0 Å². The molecular formula is C9H19ClN2OS. The number of halogens is 1. The van der Waals surface area contributed by atoms with Crippen LogP contribution in [0.3, 0.4) is 0 Å². The molecule has 84 valence electrons. The molecular weight excluding hydrogens is 220 g/mol. The normalized spacial score (nSPS) is 19.4. The van der Waals surface area contributed by atoms with E-state index in [2.05, 4.69) is 0 Å². The first-order chi connectivity index (χ1) is 6.25. The van der Waals surface area contributed by atoms with Crippen LogP contribution in [0.2, 0.25) is 0 Å². The van der Waals surface area contributed by atoms with E-state index in [1.54, 1.807) is 0 Å². The van der Waals surface area contributed by atoms with Crippen LogP contribution in [0.15, 0.2) is 0 Å². The second kappa shape index (κ2) is 7.37. The monoisotopic (exact) mass is 238 g/mol. The number of hydrogen-bond donors (Lipinski definition) is 1. The zero-order valence-electron chi connectivity index (χ0n) is 8.57. The summed E-state index contributed by atoms with van der Waals surface area (Å²) in [5.74, 6) is 2.36. The van der Waals surface area contributed by atoms with E-state index in [0.29, 0.717) is 0 Å². The lowest BCUT2D eigenvalue weighted by Gasteiger charge is -2.22. The number of hydrogen-bond acceptors (Lipinski definition) is 3. The molecule has 1 amide bonds. The maximum Gasteiger partial charge on any atom is 0.239 e. The minimum absolute atomic E-state index is 0. The summed E-state index contributed by atoms with van der Waals surface area (Å²) in [4.78, 5) is 13.6. The van der Waals surface area contributed by atoms with Gasteiger partial charge < -0.3 is 10.6 Å². The zero-order valence-corrected chi connectivity index (χ0v) is 10.2. The van der Waals surface area contributed by atoms with Crippen LogP contribution in [0.5, 0.6) is 0 Å². The predicted molar refractivity (Wildman–Crippen MR) is 64.0 cm³/mol. The van der Waals surface area contributed by atoms with Crippen molar-refractivity contribution in [3.05, 3.63) is 0 Å². The number of carbonyl (C=O) groups excluding carboxylic acids is 1. The second-order valence-electron chi connectivity index (χ2n) is 3.31. The van der Waals surface area contributed by atoms with E-state index in [-0.39, 0.29) is 24.4 Å². The Hall–Kier alpha value is 0.0700. The van der Waals surface area contributed by atoms with Gasteiger partial charge in [0.05, 0.1) is 6.04 Å². The Balaban J connectivity index is 0.00000169. The van der Waals surface area contributed by atoms with E-state index in [1.165, 1.54) is 5.75 Å². The van der Waals surface area contributed by atoms with Gasteiger partial charge in [-0.05, 0) is 18.6 Å². The molecule has 14 heavy (non-hydrogen) atoms. The van der Waals surface area contributed by atoms with Crippen molar-refractivity contribution in [1.29, 1.82) is 0 Å². The molecule has 0 saturated carbocycles. The third kappa shape index (κ3) is 4.07. The van der Waals surface area contributed by atoms with Crippen LogP contribution >= 0.6 is 24.2 Å². The minimum atomic E-state index is -0.289. The Morgan fingerprint density at radius 1 is 1.50 bits per heavy atom. The van der Waals surface area contributed by atoms with E-state index in [0.717, 1.165) is 31.7 Å². The highest BCUT2D eigenvalue weighted by Crippen LogP contribution is 2.10. The molecule has 0 spiro atoms. The highest BCUT2D eigenvalue weighted by atomic mass is 35.5. The number of carbonyl (C=O) groups is 1. The molecule has 1 aliphatic heterocycles. The van der Waals surface area contributed by atoms with Crippen LogP contribution < -0.4 is 5.73 Å². The molecule has 1 aliphatic rings. The van der Waals surface area contributed by atoms with Gasteiger partial charge in [-0.15, -0.1) is 12.4 Å². The Labute approximate surface area is 96.2 Å². The van der Waals surface area contributed by atoms with Gasteiger partial charge >= 0.3 is 0 Å². The SMILES string of the molecule is CC[C@H](N)C(=O)N1CCCSCC1.Cl. The average molecular weight is 239 g/mol. The summed E-state index contributed by atoms with van der Waals surface area (Å²) in [5.41, 5.74) is 5.70. The quantitative estimate of drug-likeness (QED) is 0.784. The van der Waals surface area contributed by atoms with Crippen molar-refractivity contribution in [1.82, 2.24) is 4.90 Å². The summed E-state index contributed by atoms with van der Waals surface area (Å²) in [6, 6.07) is -0.289. The van der Waals surface area contributed by atoms with Crippen LogP contribution in [-0.2, 0) is 4.79 Å². The van der Waals surface area contributed by atoms with Gasteiger partial charge in [0.15, 0.2) is 0 Å². The number of rotatable bonds is 2. The maximum atomic E-state index is 11.7. The van der Waals surface area contributed by atoms with E-state index >= 15 is 0 Å². The molecule has 1 atom stereocenters. The lowest BCUT2D eigenvalue weighted by atomic mass is 10.2. The first-order valence-electron chi connectivity index (χ1n) is 4.87. The van der Waals surface area contributed by atoms with Crippen LogP contribution in [0, 0.1) is 0 Å². The fraction of sp³-hybridized carbons (Fsp3) is 0.889. The smallest absolute Gasteiger partial charge is 0.239 e. The topological polar surface area (TPSA) is 46.3 Å². The molecule has 1 saturated heterocycles. The standard InChI is InChI=1S/C9H18N2OS.ClH/c1-2-8(10)9(12)11-4-3-6-13-7-5-11;/h8H,2-7,10H2,1H3;1H/t8-;/m0./s1. The molecule has 1 heterocycles. The molecule has 0 aliphatic carbocycles. The van der Waals surface area contributed by atoms with E-state index in [4.69, 9.17) is 5.73 Å². The van der Waals surface area contributed by atoms with E-state index in [9.17, 15) is 4.79 Å². The van der Waals surface area contributed by atoms with Crippen molar-refractivity contribution in [2.45, 2.75) is 25.8 Å². The van der Waals surface area contributed by atoms with Gasteiger partial charge in [0.1, 0.15) is 0 Å². The first kappa shape index (κ1) is 14.1. The maximum absolute atomic E-state index is 11.7. The van der Waals surface area contributed by atoms with Crippen LogP contribution in [0.1, 0.15) is 19.8 Å². The van der Waals surface area contributed by atoms with Crippen LogP contribution in [0.4, 0.5) is 0 Å². The molecule has 0 aromatic rings. The fourth-order valence-electron chi connectivity index (χ4n) is 1.38. The van der Waals surface area contributed by atoms with Crippen LogP contribution in [0.25, 0.3) is 0 Å².